The van der Waals surface area contributed by atoms with Crippen LogP contribution in [0, 0.1) is 18.8 Å². The zero-order valence-electron chi connectivity index (χ0n) is 9.59. The van der Waals surface area contributed by atoms with E-state index in [1.54, 1.807) is 0 Å². The minimum atomic E-state index is 0.229. The lowest BCUT2D eigenvalue weighted by Gasteiger charge is -2.10. The highest BCUT2D eigenvalue weighted by molar-refractivity contribution is 5.22. The van der Waals surface area contributed by atoms with E-state index >= 15 is 0 Å². The average molecular weight is 201 g/mol. The van der Waals surface area contributed by atoms with Gasteiger partial charge in [-0.05, 0) is 32.3 Å². The van der Waals surface area contributed by atoms with Crippen molar-refractivity contribution in [2.24, 2.45) is 5.73 Å². The van der Waals surface area contributed by atoms with Gasteiger partial charge in [-0.1, -0.05) is 29.8 Å². The maximum Gasteiger partial charge on any atom is 0.0103 e. The molecule has 0 aromatic heterocycles. The lowest BCUT2D eigenvalue weighted by atomic mass is 10.0. The molecule has 1 heteroatoms. The first-order chi connectivity index (χ1) is 7.22. The molecule has 1 unspecified atom stereocenters. The molecule has 0 fully saturated rings. The van der Waals surface area contributed by atoms with Gasteiger partial charge in [0.05, 0.1) is 0 Å². The van der Waals surface area contributed by atoms with E-state index in [1.165, 1.54) is 11.1 Å². The largest absolute Gasteiger partial charge is 0.327 e. The second kappa shape index (κ2) is 6.27. The van der Waals surface area contributed by atoms with Crippen LogP contribution in [0.4, 0.5) is 0 Å². The smallest absolute Gasteiger partial charge is 0.0103 e. The Kier molecular flexibility index (Phi) is 4.93. The zero-order valence-corrected chi connectivity index (χ0v) is 9.59. The Morgan fingerprint density at radius 3 is 2.87 bits per heavy atom. The molecule has 0 aliphatic heterocycles. The monoisotopic (exact) mass is 201 g/mol. The van der Waals surface area contributed by atoms with E-state index in [1.807, 2.05) is 6.92 Å². The molecule has 0 aliphatic rings. The first-order valence-electron chi connectivity index (χ1n) is 5.43. The highest BCUT2D eigenvalue weighted by Gasteiger charge is 2.02. The van der Waals surface area contributed by atoms with Gasteiger partial charge in [-0.3, -0.25) is 0 Å². The van der Waals surface area contributed by atoms with E-state index in [0.717, 1.165) is 19.3 Å². The number of benzene rings is 1. The molecule has 2 N–H and O–H groups in total. The highest BCUT2D eigenvalue weighted by atomic mass is 14.6. The first kappa shape index (κ1) is 11.8. The van der Waals surface area contributed by atoms with Crippen LogP contribution in [0.15, 0.2) is 24.3 Å². The molecule has 15 heavy (non-hydrogen) atoms. The van der Waals surface area contributed by atoms with E-state index in [4.69, 9.17) is 5.73 Å². The summed E-state index contributed by atoms with van der Waals surface area (Å²) in [4.78, 5) is 0. The summed E-state index contributed by atoms with van der Waals surface area (Å²) in [5.41, 5.74) is 8.65. The second-order valence-electron chi connectivity index (χ2n) is 3.92. The van der Waals surface area contributed by atoms with Gasteiger partial charge in [-0.15, -0.1) is 11.8 Å². The van der Waals surface area contributed by atoms with Crippen LogP contribution in [-0.2, 0) is 6.42 Å². The van der Waals surface area contributed by atoms with E-state index in [0.29, 0.717) is 0 Å². The molecular formula is C14H19N. The van der Waals surface area contributed by atoms with Gasteiger partial charge in [-0.2, -0.15) is 0 Å². The summed E-state index contributed by atoms with van der Waals surface area (Å²) >= 11 is 0. The van der Waals surface area contributed by atoms with Crippen molar-refractivity contribution in [1.29, 1.82) is 0 Å². The number of aryl methyl sites for hydroxylation is 1. The van der Waals surface area contributed by atoms with E-state index in [9.17, 15) is 0 Å². The lowest BCUT2D eigenvalue weighted by molar-refractivity contribution is 0.622. The van der Waals surface area contributed by atoms with Gasteiger partial charge >= 0.3 is 0 Å². The van der Waals surface area contributed by atoms with Crippen LogP contribution in [0.3, 0.4) is 0 Å². The minimum absolute atomic E-state index is 0.229. The fourth-order valence-electron chi connectivity index (χ4n) is 1.63. The van der Waals surface area contributed by atoms with E-state index < -0.39 is 0 Å². The fourth-order valence-corrected chi connectivity index (χ4v) is 1.63. The van der Waals surface area contributed by atoms with Gasteiger partial charge < -0.3 is 5.73 Å². The molecule has 0 amide bonds. The third-order valence-electron chi connectivity index (χ3n) is 2.40. The quantitative estimate of drug-likeness (QED) is 0.745. The van der Waals surface area contributed by atoms with Gasteiger partial charge in [-0.25, -0.2) is 0 Å². The number of hydrogen-bond donors (Lipinski definition) is 1. The highest BCUT2D eigenvalue weighted by Crippen LogP contribution is 2.08. The van der Waals surface area contributed by atoms with Crippen molar-refractivity contribution in [1.82, 2.24) is 0 Å². The van der Waals surface area contributed by atoms with E-state index in [-0.39, 0.29) is 6.04 Å². The minimum Gasteiger partial charge on any atom is -0.327 e. The fraction of sp³-hybridized carbons (Fsp3) is 0.429. The normalized spacial score (nSPS) is 11.7. The predicted molar refractivity (Wildman–Crippen MR) is 65.5 cm³/mol. The summed E-state index contributed by atoms with van der Waals surface area (Å²) in [6.07, 6.45) is 2.84. The maximum atomic E-state index is 6.03. The molecule has 1 aromatic carbocycles. The summed E-state index contributed by atoms with van der Waals surface area (Å²) in [5.74, 6) is 5.94. The number of nitrogens with two attached hydrogens (primary N) is 1. The van der Waals surface area contributed by atoms with Crippen LogP contribution in [0.25, 0.3) is 0 Å². The van der Waals surface area contributed by atoms with Gasteiger partial charge in [0.2, 0.25) is 0 Å². The van der Waals surface area contributed by atoms with Crippen molar-refractivity contribution in [3.63, 3.8) is 0 Å². The predicted octanol–water partition coefficient (Wildman–Crippen LogP) is 2.67. The van der Waals surface area contributed by atoms with Crippen LogP contribution in [-0.4, -0.2) is 6.04 Å². The summed E-state index contributed by atoms with van der Waals surface area (Å²) in [6, 6.07) is 8.76. The molecule has 1 aromatic rings. The van der Waals surface area contributed by atoms with Crippen molar-refractivity contribution >= 4 is 0 Å². The first-order valence-corrected chi connectivity index (χ1v) is 5.43. The summed E-state index contributed by atoms with van der Waals surface area (Å²) in [5, 5.41) is 0. The Morgan fingerprint density at radius 1 is 1.40 bits per heavy atom. The molecule has 0 saturated heterocycles. The lowest BCUT2D eigenvalue weighted by Crippen LogP contribution is -2.22. The third kappa shape index (κ3) is 4.67. The van der Waals surface area contributed by atoms with Gasteiger partial charge in [0.1, 0.15) is 0 Å². The molecule has 0 heterocycles. The summed E-state index contributed by atoms with van der Waals surface area (Å²) in [7, 11) is 0. The molecule has 1 atom stereocenters. The van der Waals surface area contributed by atoms with Crippen LogP contribution >= 0.6 is 0 Å². The topological polar surface area (TPSA) is 26.0 Å². The van der Waals surface area contributed by atoms with Gasteiger partial charge in [0.25, 0.3) is 0 Å². The molecule has 0 aliphatic carbocycles. The second-order valence-corrected chi connectivity index (χ2v) is 3.92. The Labute approximate surface area is 92.7 Å². The number of rotatable bonds is 4. The Balaban J connectivity index is 2.42. The molecule has 0 bridgehead atoms. The standard InChI is InChI=1S/C14H19N/c1-3-4-5-9-14(15)11-13-8-6-7-12(2)10-13/h6-8,10,14H,5,9,11,15H2,1-2H3. The molecule has 80 valence electrons. The molecule has 1 nitrogen and oxygen atoms in total. The Hall–Kier alpha value is -1.26. The van der Waals surface area contributed by atoms with Crippen LogP contribution < -0.4 is 5.73 Å². The molecule has 0 spiro atoms. The van der Waals surface area contributed by atoms with Gasteiger partial charge in [0, 0.05) is 12.5 Å². The molecule has 1 rings (SSSR count). The molecule has 0 saturated carbocycles. The Morgan fingerprint density at radius 2 is 2.20 bits per heavy atom. The van der Waals surface area contributed by atoms with Crippen molar-refractivity contribution < 1.29 is 0 Å². The van der Waals surface area contributed by atoms with Crippen LogP contribution in [0.1, 0.15) is 30.9 Å². The molecule has 0 radical (unpaired) electrons. The summed E-state index contributed by atoms with van der Waals surface area (Å²) < 4.78 is 0. The van der Waals surface area contributed by atoms with Crippen molar-refractivity contribution in [2.75, 3.05) is 0 Å². The third-order valence-corrected chi connectivity index (χ3v) is 2.40. The molecular weight excluding hydrogens is 182 g/mol. The number of hydrogen-bond acceptors (Lipinski definition) is 1. The van der Waals surface area contributed by atoms with Crippen molar-refractivity contribution in [3.05, 3.63) is 35.4 Å². The summed E-state index contributed by atoms with van der Waals surface area (Å²) in [6.45, 7) is 3.98. The maximum absolute atomic E-state index is 6.03. The SMILES string of the molecule is CC#CCCC(N)Cc1cccc(C)c1. The van der Waals surface area contributed by atoms with Crippen molar-refractivity contribution in [3.8, 4) is 11.8 Å². The zero-order chi connectivity index (χ0) is 11.1. The van der Waals surface area contributed by atoms with Crippen LogP contribution in [0.2, 0.25) is 0 Å². The average Bonchev–Trinajstić information content (AvgIpc) is 2.18. The van der Waals surface area contributed by atoms with E-state index in [2.05, 4.69) is 43.0 Å². The van der Waals surface area contributed by atoms with Crippen LogP contribution in [0.5, 0.6) is 0 Å². The Bertz CT molecular complexity index is 357. The van der Waals surface area contributed by atoms with Gasteiger partial charge in [0.15, 0.2) is 0 Å². The van der Waals surface area contributed by atoms with Crippen molar-refractivity contribution in [2.45, 2.75) is 39.2 Å².